The fraction of sp³-hybridized carbons (Fsp3) is 0.545. The maximum atomic E-state index is 5.68. The zero-order valence-corrected chi connectivity index (χ0v) is 10.4. The van der Waals surface area contributed by atoms with Crippen LogP contribution in [0.5, 0.6) is 0 Å². The van der Waals surface area contributed by atoms with Gasteiger partial charge in [-0.15, -0.1) is 10.2 Å². The Balaban J connectivity index is 2.24. The zero-order valence-electron chi connectivity index (χ0n) is 10.4. The van der Waals surface area contributed by atoms with Gasteiger partial charge in [-0.25, -0.2) is 0 Å². The van der Waals surface area contributed by atoms with Crippen molar-refractivity contribution in [1.29, 1.82) is 0 Å². The molecule has 2 aromatic rings. The van der Waals surface area contributed by atoms with Crippen LogP contribution in [-0.4, -0.2) is 20.0 Å². The number of aromatic nitrogens is 4. The summed E-state index contributed by atoms with van der Waals surface area (Å²) < 4.78 is 7.31. The van der Waals surface area contributed by atoms with Gasteiger partial charge in [-0.2, -0.15) is 5.10 Å². The molecule has 0 atom stereocenters. The summed E-state index contributed by atoms with van der Waals surface area (Å²) in [6, 6.07) is 0. The summed E-state index contributed by atoms with van der Waals surface area (Å²) in [4.78, 5) is 0. The lowest BCUT2D eigenvalue weighted by molar-refractivity contribution is 0.430. The minimum atomic E-state index is 0.500. The van der Waals surface area contributed by atoms with Gasteiger partial charge in [0.15, 0.2) is 0 Å². The second kappa shape index (κ2) is 4.67. The Bertz CT molecular complexity index is 514. The predicted molar refractivity (Wildman–Crippen MR) is 62.4 cm³/mol. The van der Waals surface area contributed by atoms with Crippen LogP contribution in [0.25, 0.3) is 0 Å². The maximum Gasteiger partial charge on any atom is 0.237 e. The summed E-state index contributed by atoms with van der Waals surface area (Å²) in [6.45, 7) is 6.94. The lowest BCUT2D eigenvalue weighted by atomic mass is 10.2. The smallest absolute Gasteiger partial charge is 0.237 e. The van der Waals surface area contributed by atoms with Crippen LogP contribution in [0.2, 0.25) is 0 Å². The number of hydrogen-bond donors (Lipinski definition) is 1. The summed E-state index contributed by atoms with van der Waals surface area (Å²) in [5.74, 6) is 1.23. The Hall–Kier alpha value is -1.69. The van der Waals surface area contributed by atoms with Crippen LogP contribution in [0.3, 0.4) is 0 Å². The van der Waals surface area contributed by atoms with Gasteiger partial charge in [0.1, 0.15) is 6.54 Å². The minimum Gasteiger partial charge on any atom is -0.423 e. The largest absolute Gasteiger partial charge is 0.423 e. The first kappa shape index (κ1) is 11.8. The van der Waals surface area contributed by atoms with Crippen molar-refractivity contribution in [3.8, 4) is 0 Å². The van der Waals surface area contributed by atoms with E-state index < -0.39 is 0 Å². The fourth-order valence-electron chi connectivity index (χ4n) is 1.81. The highest BCUT2D eigenvalue weighted by Crippen LogP contribution is 2.13. The molecular weight excluding hydrogens is 218 g/mol. The van der Waals surface area contributed by atoms with Crippen molar-refractivity contribution in [2.75, 3.05) is 0 Å². The standard InChI is InChI=1S/C11H17N5O/c1-4-10-13-14-11(17-10)6-16-8(3)9(5-12)7(2)15-16/h4-6,12H2,1-3H3. The van der Waals surface area contributed by atoms with E-state index in [0.29, 0.717) is 24.9 Å². The van der Waals surface area contributed by atoms with Crippen LogP contribution in [0.15, 0.2) is 4.42 Å². The normalized spacial score (nSPS) is 11.1. The molecule has 0 radical (unpaired) electrons. The van der Waals surface area contributed by atoms with E-state index in [1.807, 2.05) is 25.5 Å². The lowest BCUT2D eigenvalue weighted by Gasteiger charge is -2.00. The van der Waals surface area contributed by atoms with Crippen molar-refractivity contribution >= 4 is 0 Å². The van der Waals surface area contributed by atoms with Crippen molar-refractivity contribution in [2.24, 2.45) is 5.73 Å². The van der Waals surface area contributed by atoms with Crippen LogP contribution >= 0.6 is 0 Å². The van der Waals surface area contributed by atoms with Crippen LogP contribution in [0, 0.1) is 13.8 Å². The fourth-order valence-corrected chi connectivity index (χ4v) is 1.81. The Morgan fingerprint density at radius 3 is 2.47 bits per heavy atom. The van der Waals surface area contributed by atoms with Gasteiger partial charge in [-0.3, -0.25) is 4.68 Å². The SMILES string of the molecule is CCc1nnc(Cn2nc(C)c(CN)c2C)o1. The van der Waals surface area contributed by atoms with Gasteiger partial charge in [0, 0.05) is 24.2 Å². The summed E-state index contributed by atoms with van der Waals surface area (Å²) in [5, 5.41) is 12.3. The summed E-state index contributed by atoms with van der Waals surface area (Å²) >= 11 is 0. The van der Waals surface area contributed by atoms with Gasteiger partial charge in [-0.1, -0.05) is 6.92 Å². The molecule has 2 N–H and O–H groups in total. The molecule has 0 saturated heterocycles. The molecule has 17 heavy (non-hydrogen) atoms. The first-order valence-corrected chi connectivity index (χ1v) is 5.69. The molecule has 2 aromatic heterocycles. The molecule has 6 nitrogen and oxygen atoms in total. The Kier molecular flexibility index (Phi) is 3.23. The molecule has 0 aliphatic rings. The van der Waals surface area contributed by atoms with E-state index in [4.69, 9.17) is 10.2 Å². The molecule has 0 saturated carbocycles. The molecular formula is C11H17N5O. The van der Waals surface area contributed by atoms with E-state index >= 15 is 0 Å². The Labute approximate surface area is 99.8 Å². The summed E-state index contributed by atoms with van der Waals surface area (Å²) in [5.41, 5.74) is 8.78. The molecule has 0 spiro atoms. The summed E-state index contributed by atoms with van der Waals surface area (Å²) in [6.07, 6.45) is 0.748. The molecule has 0 amide bonds. The molecule has 2 rings (SSSR count). The van der Waals surface area contributed by atoms with Gasteiger partial charge >= 0.3 is 0 Å². The van der Waals surface area contributed by atoms with E-state index in [2.05, 4.69) is 15.3 Å². The number of hydrogen-bond acceptors (Lipinski definition) is 5. The van der Waals surface area contributed by atoms with Gasteiger partial charge in [-0.05, 0) is 13.8 Å². The predicted octanol–water partition coefficient (Wildman–Crippen LogP) is 0.952. The molecule has 2 heterocycles. The van der Waals surface area contributed by atoms with Crippen molar-refractivity contribution in [3.63, 3.8) is 0 Å². The van der Waals surface area contributed by atoms with Crippen LogP contribution in [0.4, 0.5) is 0 Å². The number of nitrogens with two attached hydrogens (primary N) is 1. The van der Waals surface area contributed by atoms with Crippen LogP contribution in [-0.2, 0) is 19.5 Å². The highest BCUT2D eigenvalue weighted by atomic mass is 16.4. The Morgan fingerprint density at radius 2 is 1.94 bits per heavy atom. The van der Waals surface area contributed by atoms with Gasteiger partial charge in [0.05, 0.1) is 5.69 Å². The molecule has 0 fully saturated rings. The zero-order chi connectivity index (χ0) is 12.4. The van der Waals surface area contributed by atoms with Crippen LogP contribution in [0.1, 0.15) is 35.7 Å². The second-order valence-electron chi connectivity index (χ2n) is 3.95. The molecule has 0 aliphatic heterocycles. The van der Waals surface area contributed by atoms with Crippen molar-refractivity contribution in [1.82, 2.24) is 20.0 Å². The van der Waals surface area contributed by atoms with E-state index in [-0.39, 0.29) is 0 Å². The third kappa shape index (κ3) is 2.21. The quantitative estimate of drug-likeness (QED) is 0.853. The molecule has 6 heteroatoms. The third-order valence-electron chi connectivity index (χ3n) is 2.83. The number of rotatable bonds is 4. The Morgan fingerprint density at radius 1 is 1.24 bits per heavy atom. The van der Waals surface area contributed by atoms with Gasteiger partial charge < -0.3 is 10.2 Å². The van der Waals surface area contributed by atoms with E-state index in [9.17, 15) is 0 Å². The maximum absolute atomic E-state index is 5.68. The molecule has 0 unspecified atom stereocenters. The van der Waals surface area contributed by atoms with E-state index in [0.717, 1.165) is 23.4 Å². The first-order valence-electron chi connectivity index (χ1n) is 5.69. The summed E-state index contributed by atoms with van der Waals surface area (Å²) in [7, 11) is 0. The molecule has 0 aliphatic carbocycles. The van der Waals surface area contributed by atoms with Crippen molar-refractivity contribution < 1.29 is 4.42 Å². The first-order chi connectivity index (χ1) is 8.15. The van der Waals surface area contributed by atoms with Crippen LogP contribution < -0.4 is 5.73 Å². The molecule has 0 aromatic carbocycles. The highest BCUT2D eigenvalue weighted by Gasteiger charge is 2.12. The third-order valence-corrected chi connectivity index (χ3v) is 2.83. The lowest BCUT2D eigenvalue weighted by Crippen LogP contribution is -2.05. The number of aryl methyl sites for hydroxylation is 2. The average Bonchev–Trinajstić information content (AvgIpc) is 2.86. The second-order valence-corrected chi connectivity index (χ2v) is 3.95. The molecule has 0 bridgehead atoms. The minimum absolute atomic E-state index is 0.500. The van der Waals surface area contributed by atoms with Gasteiger partial charge in [0.25, 0.3) is 0 Å². The molecule has 92 valence electrons. The average molecular weight is 235 g/mol. The van der Waals surface area contributed by atoms with E-state index in [1.165, 1.54) is 0 Å². The monoisotopic (exact) mass is 235 g/mol. The number of nitrogens with zero attached hydrogens (tertiary/aromatic N) is 4. The highest BCUT2D eigenvalue weighted by molar-refractivity contribution is 5.24. The van der Waals surface area contributed by atoms with E-state index in [1.54, 1.807) is 0 Å². The van der Waals surface area contributed by atoms with Crippen molar-refractivity contribution in [3.05, 3.63) is 28.7 Å². The topological polar surface area (TPSA) is 82.8 Å². The van der Waals surface area contributed by atoms with Gasteiger partial charge in [0.2, 0.25) is 11.8 Å². The van der Waals surface area contributed by atoms with Crippen molar-refractivity contribution in [2.45, 2.75) is 40.3 Å².